The minimum atomic E-state index is 0.128. The number of carbonyl (C=O) groups excluding carboxylic acids is 1. The van der Waals surface area contributed by atoms with E-state index in [0.29, 0.717) is 5.92 Å². The van der Waals surface area contributed by atoms with E-state index >= 15 is 0 Å². The zero-order valence-corrected chi connectivity index (χ0v) is 13.3. The Bertz CT molecular complexity index is 427. The molecule has 1 rings (SSSR count). The van der Waals surface area contributed by atoms with E-state index in [-0.39, 0.29) is 5.91 Å². The molecule has 1 aromatic rings. The number of aryl methyl sites for hydroxylation is 1. The van der Waals surface area contributed by atoms with Crippen LogP contribution in [0, 0.1) is 12.8 Å². The third-order valence-electron chi connectivity index (χ3n) is 3.75. The minimum absolute atomic E-state index is 0.128. The zero-order valence-electron chi connectivity index (χ0n) is 12.4. The number of benzene rings is 1. The van der Waals surface area contributed by atoms with Crippen LogP contribution >= 0.6 is 12.6 Å². The Labute approximate surface area is 122 Å². The summed E-state index contributed by atoms with van der Waals surface area (Å²) in [5.74, 6) is 0.714. The van der Waals surface area contributed by atoms with Crippen LogP contribution in [-0.2, 0) is 0 Å². The lowest BCUT2D eigenvalue weighted by atomic mass is 10.0. The summed E-state index contributed by atoms with van der Waals surface area (Å²) in [4.78, 5) is 15.4. The van der Waals surface area contributed by atoms with Gasteiger partial charge in [-0.15, -0.1) is 12.6 Å². The fourth-order valence-electron chi connectivity index (χ4n) is 2.22. The van der Waals surface area contributed by atoms with Gasteiger partial charge < -0.3 is 4.90 Å². The highest BCUT2D eigenvalue weighted by Gasteiger charge is 2.19. The van der Waals surface area contributed by atoms with Crippen LogP contribution in [0.4, 0.5) is 0 Å². The summed E-state index contributed by atoms with van der Waals surface area (Å²) in [6, 6.07) is 5.75. The van der Waals surface area contributed by atoms with Gasteiger partial charge in [-0.3, -0.25) is 4.79 Å². The first kappa shape index (κ1) is 16.1. The molecule has 0 saturated heterocycles. The van der Waals surface area contributed by atoms with E-state index in [1.807, 2.05) is 36.9 Å². The predicted molar refractivity (Wildman–Crippen MR) is 84.1 cm³/mol. The summed E-state index contributed by atoms with van der Waals surface area (Å²) >= 11 is 4.33. The second-order valence-electron chi connectivity index (χ2n) is 5.03. The Hall–Kier alpha value is -0.960. The van der Waals surface area contributed by atoms with Crippen LogP contribution in [0.15, 0.2) is 23.1 Å². The maximum atomic E-state index is 12.6. The third-order valence-corrected chi connectivity index (χ3v) is 4.03. The van der Waals surface area contributed by atoms with E-state index in [4.69, 9.17) is 0 Å². The van der Waals surface area contributed by atoms with Crippen molar-refractivity contribution >= 4 is 18.5 Å². The van der Waals surface area contributed by atoms with Crippen molar-refractivity contribution in [3.05, 3.63) is 29.3 Å². The quantitative estimate of drug-likeness (QED) is 0.774. The molecule has 0 aromatic heterocycles. The van der Waals surface area contributed by atoms with Crippen molar-refractivity contribution in [1.82, 2.24) is 4.90 Å². The fourth-order valence-corrected chi connectivity index (χ4v) is 2.43. The first-order chi connectivity index (χ1) is 9.03. The number of nitrogens with zero attached hydrogens (tertiary/aromatic N) is 1. The Morgan fingerprint density at radius 2 is 1.89 bits per heavy atom. The average molecular weight is 279 g/mol. The Morgan fingerprint density at radius 3 is 2.42 bits per heavy atom. The SMILES string of the molecule is CCC(CC)CN(CC)C(=O)c1cc(S)ccc1C. The molecule has 0 bridgehead atoms. The van der Waals surface area contributed by atoms with Crippen molar-refractivity contribution < 1.29 is 4.79 Å². The molecule has 106 valence electrons. The van der Waals surface area contributed by atoms with Gasteiger partial charge in [0.05, 0.1) is 0 Å². The number of hydrogen-bond donors (Lipinski definition) is 1. The number of carbonyl (C=O) groups is 1. The number of thiol groups is 1. The van der Waals surface area contributed by atoms with Crippen LogP contribution in [0.1, 0.15) is 49.5 Å². The molecule has 0 N–H and O–H groups in total. The second kappa shape index (κ2) is 7.59. The van der Waals surface area contributed by atoms with Gasteiger partial charge in [0.25, 0.3) is 5.91 Å². The lowest BCUT2D eigenvalue weighted by Gasteiger charge is -2.26. The van der Waals surface area contributed by atoms with Gasteiger partial charge in [-0.05, 0) is 37.5 Å². The van der Waals surface area contributed by atoms with Gasteiger partial charge in [-0.1, -0.05) is 32.8 Å². The van der Waals surface area contributed by atoms with Gasteiger partial charge in [-0.2, -0.15) is 0 Å². The van der Waals surface area contributed by atoms with Crippen LogP contribution in [0.5, 0.6) is 0 Å². The van der Waals surface area contributed by atoms with Gasteiger partial charge in [0.1, 0.15) is 0 Å². The van der Waals surface area contributed by atoms with E-state index in [0.717, 1.165) is 42.0 Å². The van der Waals surface area contributed by atoms with Gasteiger partial charge in [0.15, 0.2) is 0 Å². The first-order valence-corrected chi connectivity index (χ1v) is 7.57. The summed E-state index contributed by atoms with van der Waals surface area (Å²) in [6.07, 6.45) is 2.23. The minimum Gasteiger partial charge on any atom is -0.339 e. The highest BCUT2D eigenvalue weighted by Crippen LogP contribution is 2.18. The standard InChI is InChI=1S/C16H25NOS/c1-5-13(6-2)11-17(7-3)16(18)15-10-14(19)9-8-12(15)4/h8-10,13,19H,5-7,11H2,1-4H3. The molecule has 0 fully saturated rings. The smallest absolute Gasteiger partial charge is 0.254 e. The second-order valence-corrected chi connectivity index (χ2v) is 5.54. The summed E-state index contributed by atoms with van der Waals surface area (Å²) < 4.78 is 0. The number of rotatable bonds is 6. The molecule has 3 heteroatoms. The topological polar surface area (TPSA) is 20.3 Å². The molecule has 2 nitrogen and oxygen atoms in total. The van der Waals surface area contributed by atoms with Crippen LogP contribution < -0.4 is 0 Å². The molecule has 0 atom stereocenters. The van der Waals surface area contributed by atoms with E-state index < -0.39 is 0 Å². The maximum absolute atomic E-state index is 12.6. The van der Waals surface area contributed by atoms with E-state index in [9.17, 15) is 4.79 Å². The molecule has 1 amide bonds. The Kier molecular flexibility index (Phi) is 6.43. The molecule has 0 aliphatic carbocycles. The van der Waals surface area contributed by atoms with Crippen molar-refractivity contribution in [2.75, 3.05) is 13.1 Å². The Balaban J connectivity index is 2.92. The van der Waals surface area contributed by atoms with Crippen LogP contribution in [0.3, 0.4) is 0 Å². The van der Waals surface area contributed by atoms with Gasteiger partial charge in [-0.25, -0.2) is 0 Å². The average Bonchev–Trinajstić information content (AvgIpc) is 2.42. The van der Waals surface area contributed by atoms with E-state index in [1.54, 1.807) is 0 Å². The molecular formula is C16H25NOS. The van der Waals surface area contributed by atoms with Gasteiger partial charge in [0, 0.05) is 23.5 Å². The fraction of sp³-hybridized carbons (Fsp3) is 0.562. The predicted octanol–water partition coefficient (Wildman–Crippen LogP) is 4.18. The number of hydrogen-bond acceptors (Lipinski definition) is 2. The molecule has 19 heavy (non-hydrogen) atoms. The zero-order chi connectivity index (χ0) is 14.4. The molecule has 0 saturated carbocycles. The summed E-state index contributed by atoms with van der Waals surface area (Å²) in [5, 5.41) is 0. The normalized spacial score (nSPS) is 10.8. The molecular weight excluding hydrogens is 254 g/mol. The molecule has 1 aromatic carbocycles. The number of amides is 1. The highest BCUT2D eigenvalue weighted by molar-refractivity contribution is 7.80. The maximum Gasteiger partial charge on any atom is 0.254 e. The van der Waals surface area contributed by atoms with Crippen molar-refractivity contribution in [1.29, 1.82) is 0 Å². The molecule has 0 heterocycles. The summed E-state index contributed by atoms with van der Waals surface area (Å²) in [7, 11) is 0. The van der Waals surface area contributed by atoms with Crippen LogP contribution in [-0.4, -0.2) is 23.9 Å². The van der Waals surface area contributed by atoms with Crippen molar-refractivity contribution in [3.8, 4) is 0 Å². The highest BCUT2D eigenvalue weighted by atomic mass is 32.1. The van der Waals surface area contributed by atoms with Crippen LogP contribution in [0.2, 0.25) is 0 Å². The van der Waals surface area contributed by atoms with E-state index in [2.05, 4.69) is 26.5 Å². The lowest BCUT2D eigenvalue weighted by Crippen LogP contribution is -2.35. The third kappa shape index (κ3) is 4.27. The Morgan fingerprint density at radius 1 is 1.26 bits per heavy atom. The molecule has 0 aliphatic heterocycles. The first-order valence-electron chi connectivity index (χ1n) is 7.12. The van der Waals surface area contributed by atoms with Gasteiger partial charge >= 0.3 is 0 Å². The largest absolute Gasteiger partial charge is 0.339 e. The molecule has 0 radical (unpaired) electrons. The summed E-state index contributed by atoms with van der Waals surface area (Å²) in [6.45, 7) is 9.99. The van der Waals surface area contributed by atoms with E-state index in [1.165, 1.54) is 0 Å². The molecule has 0 unspecified atom stereocenters. The summed E-state index contributed by atoms with van der Waals surface area (Å²) in [5.41, 5.74) is 1.80. The van der Waals surface area contributed by atoms with Crippen molar-refractivity contribution in [2.24, 2.45) is 5.92 Å². The van der Waals surface area contributed by atoms with Crippen molar-refractivity contribution in [2.45, 2.75) is 45.4 Å². The molecule has 0 aliphatic rings. The van der Waals surface area contributed by atoms with Crippen molar-refractivity contribution in [3.63, 3.8) is 0 Å². The van der Waals surface area contributed by atoms with Crippen LogP contribution in [0.25, 0.3) is 0 Å². The molecule has 0 spiro atoms. The monoisotopic (exact) mass is 279 g/mol. The lowest BCUT2D eigenvalue weighted by molar-refractivity contribution is 0.0734. The van der Waals surface area contributed by atoms with Gasteiger partial charge in [0.2, 0.25) is 0 Å².